The van der Waals surface area contributed by atoms with Crippen LogP contribution in [0.3, 0.4) is 0 Å². The van der Waals surface area contributed by atoms with Crippen molar-refractivity contribution in [3.05, 3.63) is 18.0 Å². The summed E-state index contributed by atoms with van der Waals surface area (Å²) in [4.78, 5) is 11.4. The van der Waals surface area contributed by atoms with Crippen LogP contribution in [-0.2, 0) is 15.1 Å². The lowest BCUT2D eigenvalue weighted by Crippen LogP contribution is -2.44. The molecule has 0 bridgehead atoms. The van der Waals surface area contributed by atoms with E-state index < -0.39 is 11.6 Å². The van der Waals surface area contributed by atoms with E-state index in [0.29, 0.717) is 0 Å². The minimum atomic E-state index is -1.91. The summed E-state index contributed by atoms with van der Waals surface area (Å²) in [5.74, 6) is -0.823. The molecule has 0 aromatic carbocycles. The van der Waals surface area contributed by atoms with E-state index >= 15 is 0 Å². The second-order valence-electron chi connectivity index (χ2n) is 2.67. The zero-order valence-corrected chi connectivity index (χ0v) is 7.77. The fourth-order valence-corrected chi connectivity index (χ4v) is 0.969. The van der Waals surface area contributed by atoms with Gasteiger partial charge in [-0.15, -0.1) is 0 Å². The van der Waals surface area contributed by atoms with E-state index in [9.17, 15) is 9.90 Å². The number of aromatic nitrogens is 1. The average Bonchev–Trinajstić information content (AvgIpc) is 2.70. The van der Waals surface area contributed by atoms with Crippen molar-refractivity contribution in [3.8, 4) is 0 Å². The zero-order valence-electron chi connectivity index (χ0n) is 7.77. The van der Waals surface area contributed by atoms with Gasteiger partial charge in [0.15, 0.2) is 0 Å². The lowest BCUT2D eigenvalue weighted by molar-refractivity contribution is -0.165. The Balaban J connectivity index is 2.92. The Bertz CT molecular complexity index is 298. The van der Waals surface area contributed by atoms with Gasteiger partial charge in [0.25, 0.3) is 0 Å². The molecular weight excluding hydrogens is 188 g/mol. The minimum absolute atomic E-state index is 0.0541. The third kappa shape index (κ3) is 1.75. The Morgan fingerprint density at radius 3 is 3.00 bits per heavy atom. The number of carbonyl (C=O) groups excluding carboxylic acids is 1. The van der Waals surface area contributed by atoms with E-state index in [1.54, 1.807) is 6.92 Å². The molecule has 0 spiro atoms. The maximum atomic E-state index is 11.4. The van der Waals surface area contributed by atoms with Crippen molar-refractivity contribution in [1.29, 1.82) is 0 Å². The van der Waals surface area contributed by atoms with Crippen molar-refractivity contribution in [2.75, 3.05) is 13.2 Å². The molecule has 14 heavy (non-hydrogen) atoms. The molecule has 1 heterocycles. The first-order valence-corrected chi connectivity index (χ1v) is 4.15. The fourth-order valence-electron chi connectivity index (χ4n) is 0.969. The highest BCUT2D eigenvalue weighted by molar-refractivity contribution is 5.80. The number of esters is 1. The van der Waals surface area contributed by atoms with E-state index in [4.69, 9.17) is 5.73 Å². The summed E-state index contributed by atoms with van der Waals surface area (Å²) in [6, 6.07) is 1.36. The highest BCUT2D eigenvalue weighted by Gasteiger charge is 2.40. The Hall–Kier alpha value is -1.40. The summed E-state index contributed by atoms with van der Waals surface area (Å²) < 4.78 is 9.19. The van der Waals surface area contributed by atoms with Gasteiger partial charge < -0.3 is 20.1 Å². The highest BCUT2D eigenvalue weighted by Crippen LogP contribution is 2.19. The van der Waals surface area contributed by atoms with Crippen molar-refractivity contribution < 1.29 is 19.2 Å². The monoisotopic (exact) mass is 200 g/mol. The molecule has 6 nitrogen and oxygen atoms in total. The second-order valence-corrected chi connectivity index (χ2v) is 2.67. The molecule has 1 unspecified atom stereocenters. The van der Waals surface area contributed by atoms with Crippen molar-refractivity contribution in [1.82, 2.24) is 5.16 Å². The third-order valence-corrected chi connectivity index (χ3v) is 1.77. The number of aliphatic hydroxyl groups is 1. The number of rotatable bonds is 4. The number of nitrogens with zero attached hydrogens (tertiary/aromatic N) is 1. The van der Waals surface area contributed by atoms with Gasteiger partial charge >= 0.3 is 5.97 Å². The van der Waals surface area contributed by atoms with E-state index in [0.717, 1.165) is 0 Å². The predicted octanol–water partition coefficient (Wildman–Crippen LogP) is -0.616. The molecule has 1 aromatic rings. The molecule has 0 saturated heterocycles. The number of nitrogens with two attached hydrogens (primary N) is 1. The van der Waals surface area contributed by atoms with Crippen LogP contribution in [0.2, 0.25) is 0 Å². The van der Waals surface area contributed by atoms with Gasteiger partial charge in [-0.2, -0.15) is 0 Å². The van der Waals surface area contributed by atoms with Crippen LogP contribution in [0.5, 0.6) is 0 Å². The summed E-state index contributed by atoms with van der Waals surface area (Å²) >= 11 is 0. The fraction of sp³-hybridized carbons (Fsp3) is 0.500. The zero-order chi connectivity index (χ0) is 10.6. The molecule has 0 aliphatic heterocycles. The molecule has 0 aliphatic carbocycles. The highest BCUT2D eigenvalue weighted by atomic mass is 16.5. The smallest absolute Gasteiger partial charge is 0.345 e. The quantitative estimate of drug-likeness (QED) is 0.629. The summed E-state index contributed by atoms with van der Waals surface area (Å²) in [5.41, 5.74) is 3.44. The van der Waals surface area contributed by atoms with E-state index in [1.807, 2.05) is 0 Å². The Labute approximate surface area is 80.6 Å². The molecular formula is C8H12N2O4. The molecule has 1 rings (SSSR count). The van der Waals surface area contributed by atoms with Crippen molar-refractivity contribution >= 4 is 5.97 Å². The maximum Gasteiger partial charge on any atom is 0.345 e. The van der Waals surface area contributed by atoms with Gasteiger partial charge in [-0.05, 0) is 6.92 Å². The van der Waals surface area contributed by atoms with Gasteiger partial charge in [-0.1, -0.05) is 5.16 Å². The summed E-state index contributed by atoms with van der Waals surface area (Å²) in [6.45, 7) is 1.50. The number of hydrogen-bond donors (Lipinski definition) is 2. The van der Waals surface area contributed by atoms with Crippen LogP contribution in [0.25, 0.3) is 0 Å². The molecule has 6 heteroatoms. The second kappa shape index (κ2) is 4.21. The Kier molecular flexibility index (Phi) is 3.21. The molecule has 1 atom stereocenters. The SMILES string of the molecule is CCOC(=O)C(O)(CN)c1ccon1. The van der Waals surface area contributed by atoms with E-state index in [1.165, 1.54) is 12.3 Å². The van der Waals surface area contributed by atoms with Crippen LogP contribution in [-0.4, -0.2) is 29.4 Å². The largest absolute Gasteiger partial charge is 0.464 e. The molecule has 0 radical (unpaired) electrons. The molecule has 0 saturated carbocycles. The Morgan fingerprint density at radius 1 is 1.86 bits per heavy atom. The van der Waals surface area contributed by atoms with Crippen LogP contribution in [0.15, 0.2) is 16.9 Å². The van der Waals surface area contributed by atoms with Crippen LogP contribution in [0, 0.1) is 0 Å². The van der Waals surface area contributed by atoms with E-state index in [2.05, 4.69) is 14.4 Å². The van der Waals surface area contributed by atoms with Crippen LogP contribution in [0.4, 0.5) is 0 Å². The standard InChI is InChI=1S/C8H12N2O4/c1-2-13-7(11)8(12,5-9)6-3-4-14-10-6/h3-4,12H,2,5,9H2,1H3. The van der Waals surface area contributed by atoms with Gasteiger partial charge in [-0.25, -0.2) is 4.79 Å². The molecule has 0 amide bonds. The molecule has 0 fully saturated rings. The topological polar surface area (TPSA) is 98.6 Å². The molecule has 3 N–H and O–H groups in total. The lowest BCUT2D eigenvalue weighted by Gasteiger charge is -2.20. The van der Waals surface area contributed by atoms with Gasteiger partial charge in [0.05, 0.1) is 6.61 Å². The van der Waals surface area contributed by atoms with Gasteiger partial charge in [0.1, 0.15) is 12.0 Å². The maximum absolute atomic E-state index is 11.4. The predicted molar refractivity (Wildman–Crippen MR) is 46.1 cm³/mol. The first-order chi connectivity index (χ1) is 6.65. The van der Waals surface area contributed by atoms with Gasteiger partial charge in [0.2, 0.25) is 5.60 Å². The normalized spacial score (nSPS) is 14.8. The van der Waals surface area contributed by atoms with Crippen molar-refractivity contribution in [2.24, 2.45) is 5.73 Å². The van der Waals surface area contributed by atoms with Crippen molar-refractivity contribution in [2.45, 2.75) is 12.5 Å². The summed E-state index contributed by atoms with van der Waals surface area (Å²) in [5, 5.41) is 13.3. The average molecular weight is 200 g/mol. The number of hydrogen-bond acceptors (Lipinski definition) is 6. The molecule has 1 aromatic heterocycles. The first-order valence-electron chi connectivity index (χ1n) is 4.15. The molecule has 78 valence electrons. The lowest BCUT2D eigenvalue weighted by atomic mass is 10.0. The van der Waals surface area contributed by atoms with Crippen molar-refractivity contribution in [3.63, 3.8) is 0 Å². The van der Waals surface area contributed by atoms with Gasteiger partial charge in [0, 0.05) is 12.6 Å². The third-order valence-electron chi connectivity index (χ3n) is 1.77. The minimum Gasteiger partial charge on any atom is -0.464 e. The summed E-state index contributed by atoms with van der Waals surface area (Å²) in [6.07, 6.45) is 1.25. The van der Waals surface area contributed by atoms with E-state index in [-0.39, 0.29) is 18.8 Å². The molecule has 0 aliphatic rings. The van der Waals surface area contributed by atoms with Gasteiger partial charge in [-0.3, -0.25) is 0 Å². The summed E-state index contributed by atoms with van der Waals surface area (Å²) in [7, 11) is 0. The number of carbonyl (C=O) groups is 1. The first kappa shape index (κ1) is 10.7. The number of ether oxygens (including phenoxy) is 1. The van der Waals surface area contributed by atoms with Crippen LogP contribution in [0.1, 0.15) is 12.6 Å². The van der Waals surface area contributed by atoms with Crippen LogP contribution >= 0.6 is 0 Å². The van der Waals surface area contributed by atoms with Crippen LogP contribution < -0.4 is 5.73 Å². The Morgan fingerprint density at radius 2 is 2.57 bits per heavy atom.